The fraction of sp³-hybridized carbons (Fsp3) is 0.568. The maximum absolute atomic E-state index is 14.1. The van der Waals surface area contributed by atoms with Crippen molar-refractivity contribution in [1.29, 1.82) is 0 Å². The van der Waals surface area contributed by atoms with Crippen molar-refractivity contribution >= 4 is 102 Å². The standard InChI is InChI=1S/2C37H45ClN2O9S/c2*1-21-14-26(33(35(43)47-3)36(44)48-4)17-31(41)28-10-7-25(28)18-40-19-37(13-5-6-23-15-27(38)9-11-29(23)37)20-49-32-12-8-24(16-30(32)40)34(42)39-50(45,46)22(21)2/h2*8-9,11-12,15-16,21-22,25-26,28,33H,5-7,10,13-14,17-20H2,1-4H3,(H,39,42)/t21-,22+,25-,26+,28+,37-;21-,22+,25-,26-,28+,37-/m00/s1. The molecule has 22 nitrogen and oxygen atoms in total. The molecule has 4 aliphatic heterocycles. The van der Waals surface area contributed by atoms with Crippen molar-refractivity contribution in [3.8, 4) is 11.5 Å². The van der Waals surface area contributed by atoms with E-state index in [9.17, 15) is 55.2 Å². The first-order valence-electron chi connectivity index (χ1n) is 34.6. The molecule has 540 valence electrons. The molecule has 12 rings (SSSR count). The van der Waals surface area contributed by atoms with Crippen LogP contribution in [0.2, 0.25) is 10.0 Å². The van der Waals surface area contributed by atoms with Crippen LogP contribution in [0.25, 0.3) is 0 Å². The van der Waals surface area contributed by atoms with Crippen molar-refractivity contribution in [2.24, 2.45) is 59.2 Å². The van der Waals surface area contributed by atoms with Crippen LogP contribution in [-0.4, -0.2) is 142 Å². The van der Waals surface area contributed by atoms with Gasteiger partial charge in [0, 0.05) is 82.9 Å². The summed E-state index contributed by atoms with van der Waals surface area (Å²) in [7, 11) is -3.84. The van der Waals surface area contributed by atoms with Gasteiger partial charge < -0.3 is 38.2 Å². The van der Waals surface area contributed by atoms with Gasteiger partial charge >= 0.3 is 23.9 Å². The summed E-state index contributed by atoms with van der Waals surface area (Å²) in [6.07, 6.45) is 8.15. The minimum absolute atomic E-state index is 0.0303. The second-order valence-electron chi connectivity index (χ2n) is 29.2. The number of methoxy groups -OCH3 is 4. The molecule has 8 aliphatic rings. The van der Waals surface area contributed by atoms with E-state index in [1.807, 2.05) is 24.3 Å². The molecule has 12 atom stereocenters. The molecule has 4 aromatic carbocycles. The normalized spacial score (nSPS) is 29.4. The number of Topliss-reactive ketones (excluding diaryl/α,β-unsaturated/α-hetero) is 2. The molecule has 0 radical (unpaired) electrons. The van der Waals surface area contributed by atoms with Crippen LogP contribution in [0, 0.1) is 59.2 Å². The molecule has 4 bridgehead atoms. The second-order valence-corrected chi connectivity index (χ2v) is 34.1. The van der Waals surface area contributed by atoms with Gasteiger partial charge in [-0.25, -0.2) is 26.3 Å². The molecule has 0 unspecified atom stereocenters. The summed E-state index contributed by atoms with van der Waals surface area (Å²) in [6.45, 7) is 9.17. The number of aryl methyl sites for hydroxylation is 2. The van der Waals surface area contributed by atoms with Crippen molar-refractivity contribution in [3.63, 3.8) is 0 Å². The number of nitrogens with zero attached hydrogens (tertiary/aromatic N) is 2. The number of nitrogens with one attached hydrogen (secondary N) is 2. The zero-order valence-corrected chi connectivity index (χ0v) is 61.0. The molecule has 0 aromatic heterocycles. The first kappa shape index (κ1) is 73.9. The molecule has 2 N–H and O–H groups in total. The number of hydrogen-bond acceptors (Lipinski definition) is 20. The van der Waals surface area contributed by atoms with Crippen LogP contribution < -0.4 is 28.7 Å². The monoisotopic (exact) mass is 1460 g/mol. The number of amides is 2. The van der Waals surface area contributed by atoms with Gasteiger partial charge in [0.2, 0.25) is 20.0 Å². The number of benzene rings is 4. The van der Waals surface area contributed by atoms with Gasteiger partial charge in [-0.3, -0.25) is 38.4 Å². The third kappa shape index (κ3) is 15.0. The third-order valence-electron chi connectivity index (χ3n) is 23.3. The Kier molecular flexibility index (Phi) is 22.2. The molecular weight excluding hydrogens is 1370 g/mol. The number of ether oxygens (including phenoxy) is 6. The van der Waals surface area contributed by atoms with Crippen molar-refractivity contribution < 1.29 is 83.6 Å². The number of esters is 4. The Bertz CT molecular complexity index is 3820. The summed E-state index contributed by atoms with van der Waals surface area (Å²) >= 11 is 12.8. The second kappa shape index (κ2) is 30.0. The summed E-state index contributed by atoms with van der Waals surface area (Å²) in [4.78, 5) is 112. The first-order valence-corrected chi connectivity index (χ1v) is 38.5. The molecule has 4 aliphatic carbocycles. The van der Waals surface area contributed by atoms with E-state index >= 15 is 0 Å². The Hall–Kier alpha value is -7.28. The van der Waals surface area contributed by atoms with Gasteiger partial charge in [0.15, 0.2) is 11.8 Å². The SMILES string of the molecule is COC(=O)C(C(=O)OC)[C@@H]1CC(=O)[C@@H]2CC[C@H]2CN2C[C@@]3(CCCc4cc(Cl)ccc43)COc3ccc(cc32)C(=O)NS(=O)(=O)[C@H](C)[C@@H](C)C1.COC(=O)C(C(=O)OC)[C@H]1CC(=O)[C@@H]2CC[C@H]2CN2C[C@@]3(CCCc4cc(Cl)ccc43)COc3ccc(cc32)C(=O)NS(=O)(=O)[C@H](C)[C@@H](C)C1. The van der Waals surface area contributed by atoms with E-state index in [0.717, 1.165) is 79.8 Å². The molecule has 2 amide bonds. The first-order chi connectivity index (χ1) is 47.5. The average molecular weight is 1460 g/mol. The lowest BCUT2D eigenvalue weighted by molar-refractivity contribution is -0.164. The molecule has 2 fully saturated rings. The molecular formula is C74H90Cl2N4O18S2. The molecule has 2 saturated carbocycles. The van der Waals surface area contributed by atoms with Crippen molar-refractivity contribution in [2.45, 2.75) is 139 Å². The Morgan fingerprint density at radius 2 is 0.900 bits per heavy atom. The van der Waals surface area contributed by atoms with Gasteiger partial charge in [-0.2, -0.15) is 0 Å². The topological polar surface area (TPSA) is 291 Å². The number of anilines is 2. The minimum atomic E-state index is -4.23. The van der Waals surface area contributed by atoms with Crippen molar-refractivity contribution in [3.05, 3.63) is 116 Å². The highest BCUT2D eigenvalue weighted by Gasteiger charge is 2.50. The molecule has 100 heavy (non-hydrogen) atoms. The van der Waals surface area contributed by atoms with Crippen molar-refractivity contribution in [2.75, 3.05) is 77.6 Å². The van der Waals surface area contributed by atoms with Gasteiger partial charge in [-0.15, -0.1) is 0 Å². The van der Waals surface area contributed by atoms with Crippen LogP contribution in [0.5, 0.6) is 11.5 Å². The summed E-state index contributed by atoms with van der Waals surface area (Å²) in [5, 5.41) is -0.864. The number of carbonyl (C=O) groups is 8. The van der Waals surface area contributed by atoms with E-state index in [1.54, 1.807) is 50.2 Å². The van der Waals surface area contributed by atoms with Crippen LogP contribution in [-0.2, 0) is 91.4 Å². The van der Waals surface area contributed by atoms with Gasteiger partial charge in [-0.1, -0.05) is 49.2 Å². The lowest BCUT2D eigenvalue weighted by Crippen LogP contribution is -2.49. The maximum Gasteiger partial charge on any atom is 0.320 e. The maximum atomic E-state index is 14.1. The van der Waals surface area contributed by atoms with Crippen LogP contribution >= 0.6 is 23.2 Å². The highest BCUT2D eigenvalue weighted by atomic mass is 35.5. The molecule has 26 heteroatoms. The van der Waals surface area contributed by atoms with E-state index in [2.05, 4.69) is 31.4 Å². The average Bonchev–Trinajstić information content (AvgIpc) is 1.63. The smallest absolute Gasteiger partial charge is 0.320 e. The number of ketones is 2. The predicted octanol–water partition coefficient (Wildman–Crippen LogP) is 9.73. The van der Waals surface area contributed by atoms with Crippen LogP contribution in [0.1, 0.15) is 148 Å². The number of carbonyl (C=O) groups excluding carboxylic acids is 8. The largest absolute Gasteiger partial charge is 0.490 e. The summed E-state index contributed by atoms with van der Waals surface area (Å²) in [5.74, 6) is -10.6. The van der Waals surface area contributed by atoms with Gasteiger partial charge in [0.05, 0.1) is 63.5 Å². The molecule has 2 spiro atoms. The highest BCUT2D eigenvalue weighted by Crippen LogP contribution is 2.50. The van der Waals surface area contributed by atoms with E-state index in [-0.39, 0.29) is 72.0 Å². The van der Waals surface area contributed by atoms with Gasteiger partial charge in [-0.05, 0) is 209 Å². The van der Waals surface area contributed by atoms with Gasteiger partial charge in [0.1, 0.15) is 23.1 Å². The molecule has 0 saturated heterocycles. The summed E-state index contributed by atoms with van der Waals surface area (Å²) in [6, 6.07) is 21.9. The molecule has 4 heterocycles. The Labute approximate surface area is 595 Å². The highest BCUT2D eigenvalue weighted by molar-refractivity contribution is 7.91. The zero-order chi connectivity index (χ0) is 71.9. The number of halogens is 2. The number of hydrogen-bond donors (Lipinski definition) is 2. The summed E-state index contributed by atoms with van der Waals surface area (Å²) < 4.78 is 91.8. The Balaban J connectivity index is 0.000000202. The number of sulfonamides is 2. The fourth-order valence-corrected chi connectivity index (χ4v) is 19.9. The Morgan fingerprint density at radius 3 is 1.24 bits per heavy atom. The van der Waals surface area contributed by atoms with Crippen LogP contribution in [0.15, 0.2) is 72.8 Å². The lowest BCUT2D eigenvalue weighted by Gasteiger charge is -2.44. The minimum Gasteiger partial charge on any atom is -0.490 e. The fourth-order valence-electron chi connectivity index (χ4n) is 17.0. The van der Waals surface area contributed by atoms with E-state index in [0.29, 0.717) is 85.2 Å². The predicted molar refractivity (Wildman–Crippen MR) is 373 cm³/mol. The van der Waals surface area contributed by atoms with Crippen LogP contribution in [0.4, 0.5) is 11.4 Å². The van der Waals surface area contributed by atoms with Crippen LogP contribution in [0.3, 0.4) is 0 Å². The van der Waals surface area contributed by atoms with E-state index in [1.165, 1.54) is 36.1 Å². The molecule has 4 aromatic rings. The summed E-state index contributed by atoms with van der Waals surface area (Å²) in [5.41, 5.74) is 5.55. The van der Waals surface area contributed by atoms with Crippen molar-refractivity contribution in [1.82, 2.24) is 9.44 Å². The zero-order valence-electron chi connectivity index (χ0n) is 57.8. The number of fused-ring (bicyclic) bond motifs is 8. The number of rotatable bonds is 6. The quantitative estimate of drug-likeness (QED) is 0.103. The van der Waals surface area contributed by atoms with Gasteiger partial charge in [0.25, 0.3) is 11.8 Å². The van der Waals surface area contributed by atoms with E-state index in [4.69, 9.17) is 51.6 Å². The Morgan fingerprint density at radius 1 is 0.530 bits per heavy atom. The van der Waals surface area contributed by atoms with E-state index < -0.39 is 113 Å². The lowest BCUT2D eigenvalue weighted by atomic mass is 9.67. The third-order valence-corrected chi connectivity index (χ3v) is 27.6.